The molecule has 1 saturated heterocycles. The standard InChI is InChI=1S/C22H25N5O2/c28-22(20-4-1-3-18(15-20)17-27-10-2-7-25-27)24-16-21(19-5-8-23-9-6-19)26-11-13-29-14-12-26/h1-10,15,21H,11-14,16-17H2,(H,24,28). The monoisotopic (exact) mass is 391 g/mol. The average Bonchev–Trinajstić information content (AvgIpc) is 3.28. The second kappa shape index (κ2) is 9.45. The van der Waals surface area contributed by atoms with Crippen molar-refractivity contribution in [3.8, 4) is 0 Å². The first kappa shape index (κ1) is 19.3. The Balaban J connectivity index is 1.43. The first-order valence-electron chi connectivity index (χ1n) is 9.86. The molecule has 1 amide bonds. The Morgan fingerprint density at radius 3 is 2.69 bits per heavy atom. The first-order chi connectivity index (χ1) is 14.3. The van der Waals surface area contributed by atoms with E-state index in [-0.39, 0.29) is 11.9 Å². The van der Waals surface area contributed by atoms with Gasteiger partial charge in [-0.2, -0.15) is 5.10 Å². The van der Waals surface area contributed by atoms with E-state index in [1.54, 1.807) is 18.6 Å². The van der Waals surface area contributed by atoms with E-state index < -0.39 is 0 Å². The SMILES string of the molecule is O=C(NCC(c1ccncc1)N1CCOCC1)c1cccc(Cn2cccn2)c1. The molecular weight excluding hydrogens is 366 g/mol. The number of amides is 1. The van der Waals surface area contributed by atoms with Gasteiger partial charge in [0.15, 0.2) is 0 Å². The number of pyridine rings is 1. The maximum atomic E-state index is 12.8. The fraction of sp³-hybridized carbons (Fsp3) is 0.318. The van der Waals surface area contributed by atoms with Gasteiger partial charge in [-0.15, -0.1) is 0 Å². The summed E-state index contributed by atoms with van der Waals surface area (Å²) in [5.74, 6) is -0.0698. The van der Waals surface area contributed by atoms with Crippen LogP contribution in [0.2, 0.25) is 0 Å². The molecule has 1 aromatic carbocycles. The number of carbonyl (C=O) groups is 1. The van der Waals surface area contributed by atoms with Gasteiger partial charge in [-0.1, -0.05) is 12.1 Å². The lowest BCUT2D eigenvalue weighted by atomic mass is 10.1. The molecule has 4 rings (SSSR count). The zero-order valence-corrected chi connectivity index (χ0v) is 16.3. The molecule has 7 nitrogen and oxygen atoms in total. The van der Waals surface area contributed by atoms with Crippen molar-refractivity contribution in [2.45, 2.75) is 12.6 Å². The Morgan fingerprint density at radius 1 is 1.10 bits per heavy atom. The van der Waals surface area contributed by atoms with E-state index in [0.29, 0.717) is 31.9 Å². The van der Waals surface area contributed by atoms with E-state index in [1.165, 1.54) is 0 Å². The van der Waals surface area contributed by atoms with Crippen LogP contribution in [-0.4, -0.2) is 58.4 Å². The maximum Gasteiger partial charge on any atom is 0.251 e. The van der Waals surface area contributed by atoms with Gasteiger partial charge in [-0.3, -0.25) is 19.4 Å². The van der Waals surface area contributed by atoms with Crippen LogP contribution in [0.25, 0.3) is 0 Å². The van der Waals surface area contributed by atoms with Crippen molar-refractivity contribution in [2.24, 2.45) is 0 Å². The third-order valence-corrected chi connectivity index (χ3v) is 5.13. The lowest BCUT2D eigenvalue weighted by Crippen LogP contribution is -2.43. The van der Waals surface area contributed by atoms with Crippen molar-refractivity contribution in [1.82, 2.24) is 25.0 Å². The van der Waals surface area contributed by atoms with E-state index in [4.69, 9.17) is 4.74 Å². The molecule has 150 valence electrons. The minimum Gasteiger partial charge on any atom is -0.379 e. The van der Waals surface area contributed by atoms with Crippen LogP contribution in [0.1, 0.15) is 27.5 Å². The summed E-state index contributed by atoms with van der Waals surface area (Å²) >= 11 is 0. The summed E-state index contributed by atoms with van der Waals surface area (Å²) in [6.45, 7) is 4.30. The molecule has 1 N–H and O–H groups in total. The summed E-state index contributed by atoms with van der Waals surface area (Å²) in [7, 11) is 0. The summed E-state index contributed by atoms with van der Waals surface area (Å²) < 4.78 is 7.33. The van der Waals surface area contributed by atoms with Crippen molar-refractivity contribution < 1.29 is 9.53 Å². The number of benzene rings is 1. The highest BCUT2D eigenvalue weighted by atomic mass is 16.5. The molecule has 2 aromatic heterocycles. The summed E-state index contributed by atoms with van der Waals surface area (Å²) in [4.78, 5) is 19.3. The van der Waals surface area contributed by atoms with Gasteiger partial charge in [-0.05, 0) is 41.5 Å². The third-order valence-electron chi connectivity index (χ3n) is 5.13. The number of carbonyl (C=O) groups excluding carboxylic acids is 1. The molecule has 3 heterocycles. The molecule has 0 spiro atoms. The first-order valence-corrected chi connectivity index (χ1v) is 9.86. The molecule has 1 aliphatic rings. The van der Waals surface area contributed by atoms with Crippen LogP contribution in [0, 0.1) is 0 Å². The predicted molar refractivity (Wildman–Crippen MR) is 109 cm³/mol. The molecular formula is C22H25N5O2. The minimum atomic E-state index is -0.0698. The van der Waals surface area contributed by atoms with Gasteiger partial charge in [-0.25, -0.2) is 0 Å². The van der Waals surface area contributed by atoms with Crippen LogP contribution in [-0.2, 0) is 11.3 Å². The predicted octanol–water partition coefficient (Wildman–Crippen LogP) is 2.13. The normalized spacial score (nSPS) is 15.7. The molecule has 1 aliphatic heterocycles. The van der Waals surface area contributed by atoms with Gasteiger partial charge in [0.1, 0.15) is 0 Å². The number of nitrogens with zero attached hydrogens (tertiary/aromatic N) is 4. The van der Waals surface area contributed by atoms with Gasteiger partial charge in [0.2, 0.25) is 0 Å². The van der Waals surface area contributed by atoms with E-state index in [1.807, 2.05) is 53.3 Å². The second-order valence-corrected chi connectivity index (χ2v) is 7.06. The summed E-state index contributed by atoms with van der Waals surface area (Å²) in [5, 5.41) is 7.34. The quantitative estimate of drug-likeness (QED) is 0.668. The van der Waals surface area contributed by atoms with Gasteiger partial charge in [0.25, 0.3) is 5.91 Å². The van der Waals surface area contributed by atoms with Gasteiger partial charge in [0, 0.05) is 50.0 Å². The zero-order valence-electron chi connectivity index (χ0n) is 16.3. The number of ether oxygens (including phenoxy) is 1. The molecule has 0 aliphatic carbocycles. The highest BCUT2D eigenvalue weighted by Gasteiger charge is 2.23. The van der Waals surface area contributed by atoms with Crippen molar-refractivity contribution >= 4 is 5.91 Å². The summed E-state index contributed by atoms with van der Waals surface area (Å²) in [6, 6.07) is 13.7. The second-order valence-electron chi connectivity index (χ2n) is 7.06. The average molecular weight is 391 g/mol. The van der Waals surface area contributed by atoms with E-state index in [2.05, 4.69) is 20.3 Å². The Bertz CT molecular complexity index is 908. The smallest absolute Gasteiger partial charge is 0.251 e. The Kier molecular flexibility index (Phi) is 6.29. The van der Waals surface area contributed by atoms with E-state index in [0.717, 1.165) is 24.2 Å². The molecule has 1 atom stereocenters. The molecule has 1 fully saturated rings. The topological polar surface area (TPSA) is 72.3 Å². The number of nitrogens with one attached hydrogen (secondary N) is 1. The van der Waals surface area contributed by atoms with Gasteiger partial charge < -0.3 is 10.1 Å². The number of rotatable bonds is 7. The van der Waals surface area contributed by atoms with Crippen molar-refractivity contribution in [3.63, 3.8) is 0 Å². The highest BCUT2D eigenvalue weighted by Crippen LogP contribution is 2.21. The lowest BCUT2D eigenvalue weighted by molar-refractivity contribution is 0.0162. The van der Waals surface area contributed by atoms with Crippen molar-refractivity contribution in [2.75, 3.05) is 32.8 Å². The summed E-state index contributed by atoms with van der Waals surface area (Å²) in [6.07, 6.45) is 7.25. The van der Waals surface area contributed by atoms with Crippen molar-refractivity contribution in [3.05, 3.63) is 83.9 Å². The molecule has 7 heteroatoms. The zero-order chi connectivity index (χ0) is 19.9. The minimum absolute atomic E-state index is 0.0698. The highest BCUT2D eigenvalue weighted by molar-refractivity contribution is 5.94. The van der Waals surface area contributed by atoms with Crippen LogP contribution in [0.15, 0.2) is 67.3 Å². The Labute approximate surface area is 170 Å². The van der Waals surface area contributed by atoms with Crippen LogP contribution >= 0.6 is 0 Å². The van der Waals surface area contributed by atoms with Crippen LogP contribution in [0.4, 0.5) is 0 Å². The van der Waals surface area contributed by atoms with E-state index in [9.17, 15) is 4.79 Å². The molecule has 3 aromatic rings. The number of hydrogen-bond acceptors (Lipinski definition) is 5. The number of morpholine rings is 1. The van der Waals surface area contributed by atoms with Gasteiger partial charge >= 0.3 is 0 Å². The Morgan fingerprint density at radius 2 is 1.93 bits per heavy atom. The van der Waals surface area contributed by atoms with Crippen LogP contribution < -0.4 is 5.32 Å². The van der Waals surface area contributed by atoms with Gasteiger partial charge in [0.05, 0.1) is 25.8 Å². The van der Waals surface area contributed by atoms with Crippen LogP contribution in [0.3, 0.4) is 0 Å². The molecule has 0 radical (unpaired) electrons. The van der Waals surface area contributed by atoms with E-state index >= 15 is 0 Å². The lowest BCUT2D eigenvalue weighted by Gasteiger charge is -2.34. The van der Waals surface area contributed by atoms with Crippen molar-refractivity contribution in [1.29, 1.82) is 0 Å². The third kappa shape index (κ3) is 5.07. The molecule has 0 saturated carbocycles. The molecule has 0 bridgehead atoms. The maximum absolute atomic E-state index is 12.8. The van der Waals surface area contributed by atoms with Crippen LogP contribution in [0.5, 0.6) is 0 Å². The number of hydrogen-bond donors (Lipinski definition) is 1. The molecule has 1 unspecified atom stereocenters. The molecule has 29 heavy (non-hydrogen) atoms. The summed E-state index contributed by atoms with van der Waals surface area (Å²) in [5.41, 5.74) is 2.85. The fourth-order valence-electron chi connectivity index (χ4n) is 3.62. The number of aromatic nitrogens is 3. The Hall–Kier alpha value is -3.03. The fourth-order valence-corrected chi connectivity index (χ4v) is 3.62. The largest absolute Gasteiger partial charge is 0.379 e.